The molecule has 80 valence electrons. The van der Waals surface area contributed by atoms with Crippen molar-refractivity contribution in [1.82, 2.24) is 0 Å². The molecule has 2 unspecified atom stereocenters. The second kappa shape index (κ2) is 4.05. The van der Waals surface area contributed by atoms with Gasteiger partial charge in [0, 0.05) is 0 Å². The fourth-order valence-electron chi connectivity index (χ4n) is 2.14. The molecule has 1 saturated heterocycles. The van der Waals surface area contributed by atoms with Gasteiger partial charge in [-0.15, -0.1) is 0 Å². The predicted molar refractivity (Wildman–Crippen MR) is 58.7 cm³/mol. The zero-order chi connectivity index (χ0) is 10.8. The highest BCUT2D eigenvalue weighted by molar-refractivity contribution is 5.84. The van der Waals surface area contributed by atoms with Crippen LogP contribution in [0.3, 0.4) is 0 Å². The van der Waals surface area contributed by atoms with Gasteiger partial charge in [-0.2, -0.15) is 0 Å². The Morgan fingerprint density at radius 3 is 2.67 bits per heavy atom. The van der Waals surface area contributed by atoms with Gasteiger partial charge in [0.05, 0.1) is 0 Å². The van der Waals surface area contributed by atoms with Gasteiger partial charge in [0.1, 0.15) is 12.0 Å². The van der Waals surface area contributed by atoms with Gasteiger partial charge in [0.15, 0.2) is 0 Å². The fourth-order valence-corrected chi connectivity index (χ4v) is 2.14. The van der Waals surface area contributed by atoms with E-state index in [1.807, 2.05) is 31.2 Å². The molecule has 1 fully saturated rings. The lowest BCUT2D eigenvalue weighted by atomic mass is 9.84. The molecule has 2 nitrogen and oxygen atoms in total. The van der Waals surface area contributed by atoms with Gasteiger partial charge < -0.3 is 4.74 Å². The fraction of sp³-hybridized carbons (Fsp3) is 0.462. The number of hydrogen-bond donors (Lipinski definition) is 0. The SMILES string of the molecule is CCCC1OC(=O)C1c1ccccc1C. The molecule has 0 amide bonds. The smallest absolute Gasteiger partial charge is 0.317 e. The number of aryl methyl sites for hydroxylation is 1. The lowest BCUT2D eigenvalue weighted by Crippen LogP contribution is -2.43. The normalized spacial score (nSPS) is 24.5. The molecule has 0 bridgehead atoms. The van der Waals surface area contributed by atoms with Crippen LogP contribution in [0.1, 0.15) is 36.8 Å². The summed E-state index contributed by atoms with van der Waals surface area (Å²) in [5.41, 5.74) is 2.31. The molecule has 15 heavy (non-hydrogen) atoms. The number of cyclic esters (lactones) is 1. The average Bonchev–Trinajstić information content (AvgIpc) is 2.21. The van der Waals surface area contributed by atoms with Gasteiger partial charge in [-0.25, -0.2) is 0 Å². The second-order valence-electron chi connectivity index (χ2n) is 4.10. The molecule has 1 aliphatic rings. The van der Waals surface area contributed by atoms with Crippen LogP contribution in [0, 0.1) is 6.92 Å². The highest BCUT2D eigenvalue weighted by atomic mass is 16.6. The lowest BCUT2D eigenvalue weighted by Gasteiger charge is -2.36. The first-order valence-electron chi connectivity index (χ1n) is 5.50. The summed E-state index contributed by atoms with van der Waals surface area (Å²) in [6, 6.07) is 8.06. The first kappa shape index (κ1) is 10.2. The Morgan fingerprint density at radius 2 is 2.07 bits per heavy atom. The summed E-state index contributed by atoms with van der Waals surface area (Å²) < 4.78 is 5.16. The third kappa shape index (κ3) is 1.76. The molecule has 1 heterocycles. The molecule has 1 aromatic carbocycles. The van der Waals surface area contributed by atoms with Crippen LogP contribution in [0.15, 0.2) is 24.3 Å². The van der Waals surface area contributed by atoms with Crippen LogP contribution in [0.4, 0.5) is 0 Å². The molecule has 0 N–H and O–H groups in total. The molecule has 0 aromatic heterocycles. The van der Waals surface area contributed by atoms with Gasteiger partial charge in [0.25, 0.3) is 0 Å². The largest absolute Gasteiger partial charge is 0.461 e. The molecule has 0 saturated carbocycles. The number of ether oxygens (including phenoxy) is 1. The van der Waals surface area contributed by atoms with E-state index in [2.05, 4.69) is 6.92 Å². The van der Waals surface area contributed by atoms with Gasteiger partial charge in [-0.05, 0) is 24.5 Å². The number of hydrogen-bond acceptors (Lipinski definition) is 2. The quantitative estimate of drug-likeness (QED) is 0.708. The van der Waals surface area contributed by atoms with Crippen LogP contribution in [-0.4, -0.2) is 12.1 Å². The maximum Gasteiger partial charge on any atom is 0.317 e. The molecule has 2 atom stereocenters. The molecule has 0 spiro atoms. The first-order chi connectivity index (χ1) is 7.24. The van der Waals surface area contributed by atoms with Gasteiger partial charge in [-0.1, -0.05) is 37.6 Å². The first-order valence-corrected chi connectivity index (χ1v) is 5.50. The van der Waals surface area contributed by atoms with Crippen molar-refractivity contribution in [2.45, 2.75) is 38.7 Å². The van der Waals surface area contributed by atoms with Crippen LogP contribution < -0.4 is 0 Å². The van der Waals surface area contributed by atoms with Gasteiger partial charge in [0.2, 0.25) is 0 Å². The van der Waals surface area contributed by atoms with Crippen LogP contribution in [-0.2, 0) is 9.53 Å². The summed E-state index contributed by atoms with van der Waals surface area (Å²) in [4.78, 5) is 11.4. The minimum Gasteiger partial charge on any atom is -0.461 e. The van der Waals surface area contributed by atoms with Crippen molar-refractivity contribution in [3.8, 4) is 0 Å². The summed E-state index contributed by atoms with van der Waals surface area (Å²) in [6.07, 6.45) is 2.12. The third-order valence-corrected chi connectivity index (χ3v) is 2.99. The highest BCUT2D eigenvalue weighted by Crippen LogP contribution is 2.36. The Bertz CT molecular complexity index is 371. The number of rotatable bonds is 3. The summed E-state index contributed by atoms with van der Waals surface area (Å²) >= 11 is 0. The third-order valence-electron chi connectivity index (χ3n) is 2.99. The van der Waals surface area contributed by atoms with Crippen LogP contribution in [0.25, 0.3) is 0 Å². The van der Waals surface area contributed by atoms with E-state index >= 15 is 0 Å². The monoisotopic (exact) mass is 204 g/mol. The molecule has 2 rings (SSSR count). The van der Waals surface area contributed by atoms with Crippen LogP contribution >= 0.6 is 0 Å². The highest BCUT2D eigenvalue weighted by Gasteiger charge is 2.43. The molecule has 1 aliphatic heterocycles. The number of benzene rings is 1. The second-order valence-corrected chi connectivity index (χ2v) is 4.10. The number of carbonyl (C=O) groups is 1. The summed E-state index contributed by atoms with van der Waals surface area (Å²) in [7, 11) is 0. The predicted octanol–water partition coefficient (Wildman–Crippen LogP) is 2.80. The maximum absolute atomic E-state index is 11.4. The molecule has 0 aliphatic carbocycles. The zero-order valence-electron chi connectivity index (χ0n) is 9.19. The van der Waals surface area contributed by atoms with E-state index in [-0.39, 0.29) is 18.0 Å². The Labute approximate surface area is 90.3 Å². The van der Waals surface area contributed by atoms with E-state index < -0.39 is 0 Å². The number of esters is 1. The molecule has 1 aromatic rings. The van der Waals surface area contributed by atoms with Crippen molar-refractivity contribution in [3.05, 3.63) is 35.4 Å². The van der Waals surface area contributed by atoms with Crippen LogP contribution in [0.2, 0.25) is 0 Å². The van der Waals surface area contributed by atoms with Crippen LogP contribution in [0.5, 0.6) is 0 Å². The lowest BCUT2D eigenvalue weighted by molar-refractivity contribution is -0.175. The van der Waals surface area contributed by atoms with E-state index in [0.717, 1.165) is 18.4 Å². The molecular weight excluding hydrogens is 188 g/mol. The van der Waals surface area contributed by atoms with Crippen molar-refractivity contribution in [3.63, 3.8) is 0 Å². The molecule has 2 heteroatoms. The summed E-state index contributed by atoms with van der Waals surface area (Å²) in [6.45, 7) is 4.16. The van der Waals surface area contributed by atoms with Crippen molar-refractivity contribution in [2.24, 2.45) is 0 Å². The Morgan fingerprint density at radius 1 is 1.33 bits per heavy atom. The van der Waals surface area contributed by atoms with Crippen molar-refractivity contribution < 1.29 is 9.53 Å². The minimum atomic E-state index is -0.0669. The standard InChI is InChI=1S/C13H16O2/c1-3-6-11-12(13(14)15-11)10-8-5-4-7-9(10)2/h4-5,7-8,11-12H,3,6H2,1-2H3. The molecular formula is C13H16O2. The Hall–Kier alpha value is -1.31. The zero-order valence-corrected chi connectivity index (χ0v) is 9.19. The van der Waals surface area contributed by atoms with E-state index in [0.29, 0.717) is 0 Å². The average molecular weight is 204 g/mol. The summed E-state index contributed by atoms with van der Waals surface area (Å²) in [5.74, 6) is -0.0890. The van der Waals surface area contributed by atoms with E-state index in [1.54, 1.807) is 0 Å². The minimum absolute atomic E-state index is 0.0221. The van der Waals surface area contributed by atoms with E-state index in [9.17, 15) is 4.79 Å². The van der Waals surface area contributed by atoms with Gasteiger partial charge in [-0.3, -0.25) is 4.79 Å². The van der Waals surface area contributed by atoms with Crippen molar-refractivity contribution in [2.75, 3.05) is 0 Å². The number of carbonyl (C=O) groups excluding carboxylic acids is 1. The van der Waals surface area contributed by atoms with E-state index in [4.69, 9.17) is 4.74 Å². The summed E-state index contributed by atoms with van der Waals surface area (Å²) in [5, 5.41) is 0. The van der Waals surface area contributed by atoms with Gasteiger partial charge >= 0.3 is 5.97 Å². The van der Waals surface area contributed by atoms with E-state index in [1.165, 1.54) is 5.56 Å². The van der Waals surface area contributed by atoms with Crippen molar-refractivity contribution >= 4 is 5.97 Å². The Balaban J connectivity index is 2.22. The van der Waals surface area contributed by atoms with Crippen molar-refractivity contribution in [1.29, 1.82) is 0 Å². The Kier molecular flexibility index (Phi) is 2.76. The topological polar surface area (TPSA) is 26.3 Å². The maximum atomic E-state index is 11.4. The molecule has 0 radical (unpaired) electrons.